The predicted octanol–water partition coefficient (Wildman–Crippen LogP) is 1.60. The van der Waals surface area contributed by atoms with Gasteiger partial charge in [0.05, 0.1) is 6.61 Å². The molecule has 0 spiro atoms. The van der Waals surface area contributed by atoms with E-state index in [4.69, 9.17) is 4.89 Å². The van der Waals surface area contributed by atoms with E-state index in [-0.39, 0.29) is 6.16 Å². The summed E-state index contributed by atoms with van der Waals surface area (Å²) in [6.07, 6.45) is 0.181. The molecule has 0 aromatic carbocycles. The lowest BCUT2D eigenvalue weighted by molar-refractivity contribution is 0.278. The summed E-state index contributed by atoms with van der Waals surface area (Å²) in [6, 6.07) is 0. The maximum absolute atomic E-state index is 10.7. The van der Waals surface area contributed by atoms with Crippen LogP contribution in [0.1, 0.15) is 6.92 Å². The van der Waals surface area contributed by atoms with Gasteiger partial charge in [0.2, 0.25) is 0 Å². The monoisotopic (exact) mass is 216 g/mol. The summed E-state index contributed by atoms with van der Waals surface area (Å²) >= 11 is 3.07. The Balaban J connectivity index is 3.46. The van der Waals surface area contributed by atoms with Gasteiger partial charge in [-0.3, -0.25) is 4.57 Å². The van der Waals surface area contributed by atoms with Crippen molar-refractivity contribution in [3.8, 4) is 0 Å². The largest absolute Gasteiger partial charge is 0.327 e. The van der Waals surface area contributed by atoms with Crippen LogP contribution in [0.2, 0.25) is 0 Å². The van der Waals surface area contributed by atoms with Crippen LogP contribution in [0, 0.1) is 0 Å². The Morgan fingerprint density at radius 2 is 2.33 bits per heavy atom. The number of rotatable bonds is 4. The minimum atomic E-state index is -3.22. The molecule has 0 aromatic heterocycles. The molecule has 1 atom stereocenters. The van der Waals surface area contributed by atoms with Gasteiger partial charge in [-0.1, -0.05) is 22.9 Å². The van der Waals surface area contributed by atoms with Gasteiger partial charge < -0.3 is 9.42 Å². The van der Waals surface area contributed by atoms with E-state index in [0.717, 1.165) is 0 Å². The molecular weight excluding hydrogens is 207 g/mol. The molecule has 9 heavy (non-hydrogen) atoms. The summed E-state index contributed by atoms with van der Waals surface area (Å²) in [5.74, 6) is 0. The molecule has 0 aromatic rings. The van der Waals surface area contributed by atoms with Crippen molar-refractivity contribution in [1.82, 2.24) is 0 Å². The average Bonchev–Trinajstić information content (AvgIpc) is 1.84. The molecule has 5 heteroatoms. The molecule has 56 valence electrons. The van der Waals surface area contributed by atoms with Crippen LogP contribution < -0.4 is 0 Å². The average molecular weight is 217 g/mol. The van der Waals surface area contributed by atoms with E-state index in [0.29, 0.717) is 11.9 Å². The molecule has 1 unspecified atom stereocenters. The third-order valence-corrected chi connectivity index (χ3v) is 2.48. The van der Waals surface area contributed by atoms with Crippen LogP contribution >= 0.6 is 23.5 Å². The van der Waals surface area contributed by atoms with Gasteiger partial charge >= 0.3 is 7.60 Å². The van der Waals surface area contributed by atoms with E-state index >= 15 is 0 Å². The number of halogens is 1. The van der Waals surface area contributed by atoms with E-state index in [1.54, 1.807) is 6.92 Å². The fraction of sp³-hybridized carbons (Fsp3) is 1.00. The van der Waals surface area contributed by atoms with Crippen LogP contribution in [0.25, 0.3) is 0 Å². The highest BCUT2D eigenvalue weighted by molar-refractivity contribution is 9.09. The van der Waals surface area contributed by atoms with Crippen molar-refractivity contribution in [2.24, 2.45) is 0 Å². The van der Waals surface area contributed by atoms with Crippen LogP contribution in [0.3, 0.4) is 0 Å². The van der Waals surface area contributed by atoms with Crippen LogP contribution in [0.15, 0.2) is 0 Å². The molecule has 0 saturated carbocycles. The lowest BCUT2D eigenvalue weighted by Crippen LogP contribution is -1.94. The van der Waals surface area contributed by atoms with E-state index in [1.807, 2.05) is 0 Å². The second-order valence-electron chi connectivity index (χ2n) is 1.48. The SMILES string of the molecule is CCP(=O)(O)OCCBr. The Labute approximate surface area is 63.1 Å². The molecule has 0 saturated heterocycles. The highest BCUT2D eigenvalue weighted by atomic mass is 79.9. The van der Waals surface area contributed by atoms with Gasteiger partial charge in [0.1, 0.15) is 0 Å². The molecule has 0 bridgehead atoms. The van der Waals surface area contributed by atoms with Crippen LogP contribution in [-0.4, -0.2) is 23.0 Å². The normalized spacial score (nSPS) is 17.2. The topological polar surface area (TPSA) is 46.5 Å². The Hall–Kier alpha value is 0.630. The zero-order valence-electron chi connectivity index (χ0n) is 5.21. The van der Waals surface area contributed by atoms with E-state index in [1.165, 1.54) is 0 Å². The number of hydrogen-bond donors (Lipinski definition) is 1. The summed E-state index contributed by atoms with van der Waals surface area (Å²) in [6.45, 7) is 1.91. The minimum absolute atomic E-state index is 0.181. The maximum atomic E-state index is 10.7. The molecule has 0 amide bonds. The Morgan fingerprint density at radius 1 is 1.78 bits per heavy atom. The second kappa shape index (κ2) is 4.45. The summed E-state index contributed by atoms with van der Waals surface area (Å²) in [5, 5.41) is 0.595. The predicted molar refractivity (Wildman–Crippen MR) is 40.1 cm³/mol. The molecule has 0 aliphatic heterocycles. The zero-order valence-corrected chi connectivity index (χ0v) is 7.69. The summed E-state index contributed by atoms with van der Waals surface area (Å²) < 4.78 is 15.2. The quantitative estimate of drug-likeness (QED) is 0.574. The molecule has 0 rings (SSSR count). The standard InChI is InChI=1S/C4H10BrO3P/c1-2-9(6,7)8-4-3-5/h2-4H2,1H3,(H,6,7). The first-order valence-corrected chi connectivity index (χ1v) is 5.53. The Kier molecular flexibility index (Phi) is 4.76. The molecule has 0 heterocycles. The molecule has 0 aliphatic carbocycles. The van der Waals surface area contributed by atoms with Gasteiger partial charge in [-0.15, -0.1) is 0 Å². The van der Waals surface area contributed by atoms with Crippen LogP contribution in [-0.2, 0) is 9.09 Å². The van der Waals surface area contributed by atoms with Crippen molar-refractivity contribution >= 4 is 23.5 Å². The van der Waals surface area contributed by atoms with E-state index < -0.39 is 7.60 Å². The van der Waals surface area contributed by atoms with Crippen molar-refractivity contribution in [3.63, 3.8) is 0 Å². The molecule has 3 nitrogen and oxygen atoms in total. The molecule has 1 N–H and O–H groups in total. The van der Waals surface area contributed by atoms with Crippen molar-refractivity contribution in [2.75, 3.05) is 18.1 Å². The third-order valence-electron chi connectivity index (χ3n) is 0.770. The van der Waals surface area contributed by atoms with Gasteiger partial charge in [-0.05, 0) is 0 Å². The third kappa shape index (κ3) is 5.09. The summed E-state index contributed by atoms with van der Waals surface area (Å²) in [5.41, 5.74) is 0. The molecular formula is C4H10BrO3P. The van der Waals surface area contributed by atoms with Gasteiger partial charge in [-0.25, -0.2) is 0 Å². The molecule has 0 aliphatic rings. The zero-order chi connectivity index (χ0) is 7.33. The van der Waals surface area contributed by atoms with Gasteiger partial charge in [0.25, 0.3) is 0 Å². The van der Waals surface area contributed by atoms with Crippen LogP contribution in [0.4, 0.5) is 0 Å². The van der Waals surface area contributed by atoms with Gasteiger partial charge in [0.15, 0.2) is 0 Å². The van der Waals surface area contributed by atoms with Gasteiger partial charge in [-0.2, -0.15) is 0 Å². The fourth-order valence-electron chi connectivity index (χ4n) is 0.268. The Bertz CT molecular complexity index is 116. The summed E-state index contributed by atoms with van der Waals surface area (Å²) in [7, 11) is -3.22. The first kappa shape index (κ1) is 9.63. The smallest absolute Gasteiger partial charge is 0.324 e. The fourth-order valence-corrected chi connectivity index (χ4v) is 1.24. The van der Waals surface area contributed by atoms with Crippen LogP contribution in [0.5, 0.6) is 0 Å². The number of hydrogen-bond acceptors (Lipinski definition) is 2. The molecule has 0 radical (unpaired) electrons. The lowest BCUT2D eigenvalue weighted by atomic mass is 10.9. The first-order chi connectivity index (χ1) is 4.12. The van der Waals surface area contributed by atoms with Gasteiger partial charge in [0, 0.05) is 11.5 Å². The summed E-state index contributed by atoms with van der Waals surface area (Å²) in [4.78, 5) is 8.77. The number of alkyl halides is 1. The lowest BCUT2D eigenvalue weighted by Gasteiger charge is -2.06. The highest BCUT2D eigenvalue weighted by Gasteiger charge is 2.13. The van der Waals surface area contributed by atoms with E-state index in [9.17, 15) is 4.57 Å². The Morgan fingerprint density at radius 3 is 2.67 bits per heavy atom. The maximum Gasteiger partial charge on any atom is 0.327 e. The van der Waals surface area contributed by atoms with Crippen molar-refractivity contribution in [1.29, 1.82) is 0 Å². The van der Waals surface area contributed by atoms with E-state index in [2.05, 4.69) is 20.5 Å². The first-order valence-electron chi connectivity index (χ1n) is 2.64. The molecule has 0 fully saturated rings. The highest BCUT2D eigenvalue weighted by Crippen LogP contribution is 2.40. The van der Waals surface area contributed by atoms with Crippen molar-refractivity contribution in [3.05, 3.63) is 0 Å². The van der Waals surface area contributed by atoms with Crippen molar-refractivity contribution in [2.45, 2.75) is 6.92 Å². The minimum Gasteiger partial charge on any atom is -0.324 e. The van der Waals surface area contributed by atoms with Crippen molar-refractivity contribution < 1.29 is 14.0 Å². The second-order valence-corrected chi connectivity index (χ2v) is 4.43.